The van der Waals surface area contributed by atoms with E-state index >= 15 is 0 Å². The van der Waals surface area contributed by atoms with Crippen molar-refractivity contribution in [2.45, 2.75) is 135 Å². The quantitative estimate of drug-likeness (QED) is 0.499. The first-order chi connectivity index (χ1) is 12.7. The molecule has 2 heterocycles. The third-order valence-corrected chi connectivity index (χ3v) is 6.01. The maximum atomic E-state index is 12.4. The largest absolute Gasteiger partial charge is 0.353 e. The van der Waals surface area contributed by atoms with Crippen LogP contribution in [0.3, 0.4) is 0 Å². The fourth-order valence-corrected chi connectivity index (χ4v) is 5.91. The van der Waals surface area contributed by atoms with Crippen molar-refractivity contribution in [2.75, 3.05) is 6.54 Å². The van der Waals surface area contributed by atoms with Crippen LogP contribution in [0.5, 0.6) is 0 Å². The Morgan fingerprint density at radius 1 is 0.750 bits per heavy atom. The highest BCUT2D eigenvalue weighted by Gasteiger charge is 2.38. The molecule has 0 bridgehead atoms. The molecular formula is C23H46N4O. The van der Waals surface area contributed by atoms with E-state index in [1.54, 1.807) is 0 Å². The first-order valence-electron chi connectivity index (χ1n) is 11.3. The summed E-state index contributed by atoms with van der Waals surface area (Å²) in [7, 11) is 0. The summed E-state index contributed by atoms with van der Waals surface area (Å²) >= 11 is 0. The van der Waals surface area contributed by atoms with E-state index in [0.29, 0.717) is 12.5 Å². The number of hydrogen-bond acceptors (Lipinski definition) is 4. The van der Waals surface area contributed by atoms with Crippen LogP contribution in [0.25, 0.3) is 0 Å². The van der Waals surface area contributed by atoms with Gasteiger partial charge in [-0.1, -0.05) is 0 Å². The van der Waals surface area contributed by atoms with Crippen LogP contribution in [-0.2, 0) is 4.79 Å². The van der Waals surface area contributed by atoms with Crippen LogP contribution >= 0.6 is 0 Å². The fourth-order valence-electron chi connectivity index (χ4n) is 5.91. The zero-order valence-electron chi connectivity index (χ0n) is 19.7. The van der Waals surface area contributed by atoms with Gasteiger partial charge in [0.15, 0.2) is 0 Å². The van der Waals surface area contributed by atoms with E-state index in [1.165, 1.54) is 0 Å². The second-order valence-corrected chi connectivity index (χ2v) is 12.0. The first-order valence-corrected chi connectivity index (χ1v) is 11.3. The lowest BCUT2D eigenvalue weighted by molar-refractivity contribution is -0.122. The number of unbranched alkanes of at least 4 members (excludes halogenated alkanes) is 1. The molecule has 0 saturated carbocycles. The maximum Gasteiger partial charge on any atom is 0.220 e. The van der Waals surface area contributed by atoms with E-state index in [0.717, 1.165) is 45.1 Å². The lowest BCUT2D eigenvalue weighted by atomic mass is 9.79. The van der Waals surface area contributed by atoms with Crippen LogP contribution in [0.15, 0.2) is 0 Å². The molecule has 2 rings (SSSR count). The molecule has 0 radical (unpaired) electrons. The number of nitrogens with one attached hydrogen (secondary N) is 4. The normalized spacial score (nSPS) is 26.7. The van der Waals surface area contributed by atoms with Crippen LogP contribution in [0.1, 0.15) is 100 Å². The van der Waals surface area contributed by atoms with Gasteiger partial charge in [-0.05, 0) is 100 Å². The Kier molecular flexibility index (Phi) is 7.26. The van der Waals surface area contributed by atoms with Gasteiger partial charge in [0, 0.05) is 40.7 Å². The standard InChI is InChI=1S/C23H46N4O/c1-20(2)13-17(14-21(3,4)26-20)24-12-10-9-11-19(28)25-18-15-22(5,6)27-23(7,8)16-18/h17-18,24,26-27H,9-16H2,1-8H3,(H,25,28). The number of carbonyl (C=O) groups is 1. The minimum atomic E-state index is 0.0695. The van der Waals surface area contributed by atoms with Crippen molar-refractivity contribution in [2.24, 2.45) is 0 Å². The van der Waals surface area contributed by atoms with Gasteiger partial charge >= 0.3 is 0 Å². The Hall–Kier alpha value is -0.650. The molecular weight excluding hydrogens is 348 g/mol. The topological polar surface area (TPSA) is 65.2 Å². The average Bonchev–Trinajstić information content (AvgIpc) is 2.39. The molecule has 28 heavy (non-hydrogen) atoms. The molecule has 0 atom stereocenters. The molecule has 5 nitrogen and oxygen atoms in total. The van der Waals surface area contributed by atoms with Crippen molar-refractivity contribution < 1.29 is 4.79 Å². The Balaban J connectivity index is 1.65. The zero-order chi connectivity index (χ0) is 21.2. The van der Waals surface area contributed by atoms with Gasteiger partial charge in [0.05, 0.1) is 0 Å². The summed E-state index contributed by atoms with van der Waals surface area (Å²) in [5.41, 5.74) is 0.492. The summed E-state index contributed by atoms with van der Waals surface area (Å²) in [4.78, 5) is 12.4. The van der Waals surface area contributed by atoms with Gasteiger partial charge < -0.3 is 21.3 Å². The van der Waals surface area contributed by atoms with Crippen LogP contribution in [0.4, 0.5) is 0 Å². The zero-order valence-corrected chi connectivity index (χ0v) is 19.7. The summed E-state index contributed by atoms with van der Waals surface area (Å²) in [5, 5.41) is 14.4. The molecule has 164 valence electrons. The van der Waals surface area contributed by atoms with Crippen molar-refractivity contribution in [3.8, 4) is 0 Å². The van der Waals surface area contributed by atoms with Crippen LogP contribution in [0.2, 0.25) is 0 Å². The third-order valence-electron chi connectivity index (χ3n) is 6.01. The van der Waals surface area contributed by atoms with E-state index in [4.69, 9.17) is 0 Å². The summed E-state index contributed by atoms with van der Waals surface area (Å²) in [5.74, 6) is 0.211. The second kappa shape index (κ2) is 8.61. The smallest absolute Gasteiger partial charge is 0.220 e. The van der Waals surface area contributed by atoms with Gasteiger partial charge in [0.2, 0.25) is 5.91 Å². The highest BCUT2D eigenvalue weighted by atomic mass is 16.1. The molecule has 0 aromatic rings. The van der Waals surface area contributed by atoms with Crippen molar-refractivity contribution in [3.63, 3.8) is 0 Å². The Bertz CT molecular complexity index is 507. The Morgan fingerprint density at radius 2 is 1.18 bits per heavy atom. The van der Waals surface area contributed by atoms with Crippen molar-refractivity contribution in [3.05, 3.63) is 0 Å². The number of amides is 1. The summed E-state index contributed by atoms with van der Waals surface area (Å²) in [6.07, 6.45) is 6.93. The van der Waals surface area contributed by atoms with Gasteiger partial charge in [-0.2, -0.15) is 0 Å². The Morgan fingerprint density at radius 3 is 1.64 bits per heavy atom. The van der Waals surface area contributed by atoms with Crippen LogP contribution in [-0.4, -0.2) is 46.7 Å². The summed E-state index contributed by atoms with van der Waals surface area (Å²) in [6, 6.07) is 0.829. The van der Waals surface area contributed by atoms with E-state index in [-0.39, 0.29) is 34.1 Å². The van der Waals surface area contributed by atoms with Crippen molar-refractivity contribution in [1.29, 1.82) is 0 Å². The van der Waals surface area contributed by atoms with E-state index in [9.17, 15) is 4.79 Å². The maximum absolute atomic E-state index is 12.4. The molecule has 2 saturated heterocycles. The SMILES string of the molecule is CC1(C)CC(NCCCCC(=O)NC2CC(C)(C)NC(C)(C)C2)CC(C)(C)N1. The van der Waals surface area contributed by atoms with Gasteiger partial charge in [0.25, 0.3) is 0 Å². The second-order valence-electron chi connectivity index (χ2n) is 12.0. The van der Waals surface area contributed by atoms with Gasteiger partial charge in [-0.3, -0.25) is 4.79 Å². The minimum absolute atomic E-state index is 0.0695. The number of rotatable bonds is 7. The van der Waals surface area contributed by atoms with Gasteiger partial charge in [-0.25, -0.2) is 0 Å². The highest BCUT2D eigenvalue weighted by Crippen LogP contribution is 2.29. The molecule has 0 unspecified atom stereocenters. The van der Waals surface area contributed by atoms with Crippen molar-refractivity contribution in [1.82, 2.24) is 21.3 Å². The lowest BCUT2D eigenvalue weighted by Gasteiger charge is -2.46. The van der Waals surface area contributed by atoms with E-state index in [1.807, 2.05) is 0 Å². The molecule has 0 aromatic heterocycles. The number of carbonyl (C=O) groups excluding carboxylic acids is 1. The third kappa shape index (κ3) is 8.00. The molecule has 5 heteroatoms. The van der Waals surface area contributed by atoms with Crippen LogP contribution < -0.4 is 21.3 Å². The Labute approximate surface area is 173 Å². The predicted octanol–water partition coefficient (Wildman–Crippen LogP) is 3.48. The highest BCUT2D eigenvalue weighted by molar-refractivity contribution is 5.76. The van der Waals surface area contributed by atoms with Gasteiger partial charge in [-0.15, -0.1) is 0 Å². The van der Waals surface area contributed by atoms with E-state index in [2.05, 4.69) is 76.7 Å². The van der Waals surface area contributed by atoms with Crippen LogP contribution in [0, 0.1) is 0 Å². The molecule has 2 aliphatic heterocycles. The van der Waals surface area contributed by atoms with E-state index < -0.39 is 0 Å². The number of piperidine rings is 2. The fraction of sp³-hybridized carbons (Fsp3) is 0.957. The lowest BCUT2D eigenvalue weighted by Crippen LogP contribution is -2.62. The molecule has 0 aliphatic carbocycles. The molecule has 1 amide bonds. The molecule has 0 aromatic carbocycles. The monoisotopic (exact) mass is 394 g/mol. The van der Waals surface area contributed by atoms with Gasteiger partial charge in [0.1, 0.15) is 0 Å². The molecule has 2 fully saturated rings. The van der Waals surface area contributed by atoms with Crippen molar-refractivity contribution >= 4 is 5.91 Å². The molecule has 0 spiro atoms. The number of hydrogen-bond donors (Lipinski definition) is 4. The molecule has 2 aliphatic rings. The minimum Gasteiger partial charge on any atom is -0.353 e. The summed E-state index contributed by atoms with van der Waals surface area (Å²) in [6.45, 7) is 19.0. The molecule has 4 N–H and O–H groups in total. The first kappa shape index (κ1) is 23.6. The summed E-state index contributed by atoms with van der Waals surface area (Å²) < 4.78 is 0. The predicted molar refractivity (Wildman–Crippen MR) is 119 cm³/mol. The average molecular weight is 395 g/mol.